The van der Waals surface area contributed by atoms with Crippen LogP contribution in [0.1, 0.15) is 59.8 Å². The Kier molecular flexibility index (Phi) is 6.12. The van der Waals surface area contributed by atoms with Gasteiger partial charge in [-0.1, -0.05) is 46.6 Å². The van der Waals surface area contributed by atoms with Crippen LogP contribution in [0.4, 0.5) is 0 Å². The predicted octanol–water partition coefficient (Wildman–Crippen LogP) is 4.15. The number of unbranched alkanes of at least 4 members (excludes halogenated alkanes) is 1. The van der Waals surface area contributed by atoms with Crippen molar-refractivity contribution in [2.45, 2.75) is 65.8 Å². The maximum atomic E-state index is 3.74. The van der Waals surface area contributed by atoms with Crippen molar-refractivity contribution in [2.75, 3.05) is 6.54 Å². The minimum Gasteiger partial charge on any atom is -0.310 e. The standard InChI is InChI=1S/C15H29N/c1-5-8-9-12(4)11-16-15(7-3)14-10-13(14)6-2/h10,12-13,15-16H,5-9,11H2,1-4H3. The largest absolute Gasteiger partial charge is 0.310 e. The van der Waals surface area contributed by atoms with E-state index in [4.69, 9.17) is 0 Å². The second-order valence-corrected chi connectivity index (χ2v) is 5.30. The Morgan fingerprint density at radius 2 is 2.06 bits per heavy atom. The van der Waals surface area contributed by atoms with Crippen LogP contribution in [0.5, 0.6) is 0 Å². The minimum absolute atomic E-state index is 0.661. The van der Waals surface area contributed by atoms with Crippen LogP contribution < -0.4 is 5.32 Å². The summed E-state index contributed by atoms with van der Waals surface area (Å²) in [5.41, 5.74) is 1.67. The van der Waals surface area contributed by atoms with E-state index < -0.39 is 0 Å². The highest BCUT2D eigenvalue weighted by atomic mass is 14.9. The van der Waals surface area contributed by atoms with Gasteiger partial charge in [0.25, 0.3) is 0 Å². The fraction of sp³-hybridized carbons (Fsp3) is 0.867. The van der Waals surface area contributed by atoms with Gasteiger partial charge < -0.3 is 5.32 Å². The maximum absolute atomic E-state index is 3.74. The fourth-order valence-corrected chi connectivity index (χ4v) is 2.41. The molecular formula is C15H29N. The Morgan fingerprint density at radius 3 is 2.56 bits per heavy atom. The van der Waals surface area contributed by atoms with Crippen molar-refractivity contribution in [3.63, 3.8) is 0 Å². The van der Waals surface area contributed by atoms with Gasteiger partial charge in [-0.25, -0.2) is 0 Å². The van der Waals surface area contributed by atoms with Gasteiger partial charge in [-0.2, -0.15) is 0 Å². The van der Waals surface area contributed by atoms with Crippen LogP contribution in [-0.2, 0) is 0 Å². The van der Waals surface area contributed by atoms with Gasteiger partial charge in [0.05, 0.1) is 0 Å². The van der Waals surface area contributed by atoms with Crippen LogP contribution in [0.25, 0.3) is 0 Å². The monoisotopic (exact) mass is 223 g/mol. The molecule has 0 aromatic carbocycles. The van der Waals surface area contributed by atoms with Gasteiger partial charge in [0.1, 0.15) is 0 Å². The molecule has 0 saturated carbocycles. The first-order valence-corrected chi connectivity index (χ1v) is 7.17. The average Bonchev–Trinajstić information content (AvgIpc) is 3.06. The molecule has 94 valence electrons. The third-order valence-electron chi connectivity index (χ3n) is 3.73. The van der Waals surface area contributed by atoms with Crippen molar-refractivity contribution in [3.05, 3.63) is 11.6 Å². The van der Waals surface area contributed by atoms with E-state index in [1.807, 2.05) is 0 Å². The van der Waals surface area contributed by atoms with Crippen LogP contribution in [0.3, 0.4) is 0 Å². The second kappa shape index (κ2) is 7.11. The van der Waals surface area contributed by atoms with Gasteiger partial charge in [-0.15, -0.1) is 0 Å². The molecule has 0 aromatic rings. The van der Waals surface area contributed by atoms with Gasteiger partial charge in [-0.05, 0) is 43.2 Å². The molecule has 0 radical (unpaired) electrons. The topological polar surface area (TPSA) is 12.0 Å². The molecule has 0 amide bonds. The Hall–Kier alpha value is -0.300. The number of rotatable bonds is 9. The van der Waals surface area contributed by atoms with Crippen molar-refractivity contribution in [1.82, 2.24) is 5.32 Å². The summed E-state index contributed by atoms with van der Waals surface area (Å²) in [5, 5.41) is 3.74. The zero-order valence-corrected chi connectivity index (χ0v) is 11.6. The summed E-state index contributed by atoms with van der Waals surface area (Å²) < 4.78 is 0. The molecule has 1 heteroatoms. The van der Waals surface area contributed by atoms with Crippen molar-refractivity contribution >= 4 is 0 Å². The summed E-state index contributed by atoms with van der Waals surface area (Å²) in [6, 6.07) is 0.661. The van der Waals surface area contributed by atoms with Gasteiger partial charge >= 0.3 is 0 Å². The van der Waals surface area contributed by atoms with E-state index in [-0.39, 0.29) is 0 Å². The number of hydrogen-bond donors (Lipinski definition) is 1. The molecule has 1 aliphatic carbocycles. The summed E-state index contributed by atoms with van der Waals surface area (Å²) in [7, 11) is 0. The van der Waals surface area contributed by atoms with E-state index in [9.17, 15) is 0 Å². The third-order valence-corrected chi connectivity index (χ3v) is 3.73. The zero-order valence-electron chi connectivity index (χ0n) is 11.6. The van der Waals surface area contributed by atoms with Crippen LogP contribution in [0, 0.1) is 11.8 Å². The normalized spacial score (nSPS) is 22.8. The molecule has 0 fully saturated rings. The Morgan fingerprint density at radius 1 is 1.31 bits per heavy atom. The molecular weight excluding hydrogens is 194 g/mol. The van der Waals surface area contributed by atoms with Crippen LogP contribution in [0.2, 0.25) is 0 Å². The Bertz CT molecular complexity index is 219. The maximum Gasteiger partial charge on any atom is 0.0282 e. The lowest BCUT2D eigenvalue weighted by Gasteiger charge is -2.19. The van der Waals surface area contributed by atoms with E-state index in [0.717, 1.165) is 11.8 Å². The van der Waals surface area contributed by atoms with Crippen molar-refractivity contribution < 1.29 is 0 Å². The molecule has 1 aliphatic rings. The molecule has 0 aliphatic heterocycles. The van der Waals surface area contributed by atoms with Crippen molar-refractivity contribution in [3.8, 4) is 0 Å². The smallest absolute Gasteiger partial charge is 0.0282 e. The summed E-state index contributed by atoms with van der Waals surface area (Å²) in [6.45, 7) is 10.4. The third kappa shape index (κ3) is 4.29. The molecule has 1 nitrogen and oxygen atoms in total. The van der Waals surface area contributed by atoms with Gasteiger partial charge in [0.2, 0.25) is 0 Å². The van der Waals surface area contributed by atoms with E-state index >= 15 is 0 Å². The highest BCUT2D eigenvalue weighted by Gasteiger charge is 2.28. The second-order valence-electron chi connectivity index (χ2n) is 5.30. The van der Waals surface area contributed by atoms with Crippen molar-refractivity contribution in [1.29, 1.82) is 0 Å². The van der Waals surface area contributed by atoms with Crippen LogP contribution >= 0.6 is 0 Å². The zero-order chi connectivity index (χ0) is 12.0. The number of allylic oxidation sites excluding steroid dienone is 1. The van der Waals surface area contributed by atoms with Crippen molar-refractivity contribution in [2.24, 2.45) is 11.8 Å². The van der Waals surface area contributed by atoms with Gasteiger partial charge in [0.15, 0.2) is 0 Å². The summed E-state index contributed by atoms with van der Waals surface area (Å²) >= 11 is 0. The highest BCUT2D eigenvalue weighted by molar-refractivity contribution is 5.33. The summed E-state index contributed by atoms with van der Waals surface area (Å²) in [6.07, 6.45) is 9.04. The Labute approximate surface area is 102 Å². The molecule has 0 bridgehead atoms. The first-order valence-electron chi connectivity index (χ1n) is 7.17. The van der Waals surface area contributed by atoms with E-state index in [1.54, 1.807) is 5.57 Å². The average molecular weight is 223 g/mol. The SMILES string of the molecule is CCCCC(C)CNC(CC)C1=CC1CC. The highest BCUT2D eigenvalue weighted by Crippen LogP contribution is 2.35. The fourth-order valence-electron chi connectivity index (χ4n) is 2.41. The lowest BCUT2D eigenvalue weighted by molar-refractivity contribution is 0.432. The number of nitrogens with one attached hydrogen (secondary N) is 1. The van der Waals surface area contributed by atoms with E-state index in [2.05, 4.69) is 39.1 Å². The molecule has 0 heterocycles. The molecule has 0 spiro atoms. The quantitative estimate of drug-likeness (QED) is 0.579. The van der Waals surface area contributed by atoms with Gasteiger partial charge in [-0.3, -0.25) is 0 Å². The molecule has 0 aromatic heterocycles. The van der Waals surface area contributed by atoms with E-state index in [1.165, 1.54) is 38.6 Å². The molecule has 1 rings (SSSR count). The van der Waals surface area contributed by atoms with Crippen LogP contribution in [0.15, 0.2) is 11.6 Å². The number of hydrogen-bond acceptors (Lipinski definition) is 1. The molecule has 3 unspecified atom stereocenters. The molecule has 16 heavy (non-hydrogen) atoms. The molecule has 3 atom stereocenters. The van der Waals surface area contributed by atoms with Crippen LogP contribution in [-0.4, -0.2) is 12.6 Å². The summed E-state index contributed by atoms with van der Waals surface area (Å²) in [5.74, 6) is 1.65. The summed E-state index contributed by atoms with van der Waals surface area (Å²) in [4.78, 5) is 0. The molecule has 1 N–H and O–H groups in total. The van der Waals surface area contributed by atoms with E-state index in [0.29, 0.717) is 6.04 Å². The minimum atomic E-state index is 0.661. The molecule has 0 saturated heterocycles. The van der Waals surface area contributed by atoms with Gasteiger partial charge in [0, 0.05) is 6.04 Å². The predicted molar refractivity (Wildman–Crippen MR) is 72.6 cm³/mol. The first-order chi connectivity index (χ1) is 7.72. The lowest BCUT2D eigenvalue weighted by atomic mass is 10.0. The first kappa shape index (κ1) is 13.8. The Balaban J connectivity index is 2.17. The lowest BCUT2D eigenvalue weighted by Crippen LogP contribution is -2.32.